The van der Waals surface area contributed by atoms with Crippen LogP contribution in [0.1, 0.15) is 54.5 Å². The van der Waals surface area contributed by atoms with E-state index in [1.54, 1.807) is 0 Å². The lowest BCUT2D eigenvalue weighted by atomic mass is 9.99. The van der Waals surface area contributed by atoms with Crippen molar-refractivity contribution in [1.29, 1.82) is 0 Å². The standard InChI is InChI=1S/C14H18N4O2/c1-3-10(4-2)12-7-11(20-18-12)8-17-14(19)13-9-15-5-6-16-13/h5-7,9-10H,3-4,8H2,1-2H3,(H,17,19). The van der Waals surface area contributed by atoms with Crippen LogP contribution >= 0.6 is 0 Å². The zero-order valence-electron chi connectivity index (χ0n) is 11.7. The van der Waals surface area contributed by atoms with E-state index in [2.05, 4.69) is 34.3 Å². The summed E-state index contributed by atoms with van der Waals surface area (Å²) in [7, 11) is 0. The van der Waals surface area contributed by atoms with Gasteiger partial charge in [-0.1, -0.05) is 19.0 Å². The molecule has 0 aromatic carbocycles. The first-order chi connectivity index (χ1) is 9.74. The molecule has 106 valence electrons. The van der Waals surface area contributed by atoms with Gasteiger partial charge >= 0.3 is 0 Å². The molecule has 1 N–H and O–H groups in total. The number of nitrogens with one attached hydrogen (secondary N) is 1. The molecule has 0 radical (unpaired) electrons. The molecule has 2 aromatic heterocycles. The second kappa shape index (κ2) is 6.79. The number of carbonyl (C=O) groups is 1. The SMILES string of the molecule is CCC(CC)c1cc(CNC(=O)c2cnccn2)on1. The van der Waals surface area contributed by atoms with E-state index in [1.807, 2.05) is 6.07 Å². The van der Waals surface area contributed by atoms with Crippen LogP contribution < -0.4 is 5.32 Å². The fourth-order valence-corrected chi connectivity index (χ4v) is 1.99. The van der Waals surface area contributed by atoms with Crippen molar-refractivity contribution in [2.24, 2.45) is 0 Å². The van der Waals surface area contributed by atoms with Crippen molar-refractivity contribution in [1.82, 2.24) is 20.4 Å². The Balaban J connectivity index is 1.93. The molecule has 0 aliphatic heterocycles. The molecular formula is C14H18N4O2. The monoisotopic (exact) mass is 274 g/mol. The highest BCUT2D eigenvalue weighted by atomic mass is 16.5. The Morgan fingerprint density at radius 2 is 2.15 bits per heavy atom. The molecule has 0 spiro atoms. The summed E-state index contributed by atoms with van der Waals surface area (Å²) < 4.78 is 5.23. The minimum absolute atomic E-state index is 0.279. The number of aromatic nitrogens is 3. The number of hydrogen-bond acceptors (Lipinski definition) is 5. The van der Waals surface area contributed by atoms with Crippen molar-refractivity contribution < 1.29 is 9.32 Å². The van der Waals surface area contributed by atoms with Crippen LogP contribution in [0.25, 0.3) is 0 Å². The number of nitrogens with zero attached hydrogens (tertiary/aromatic N) is 3. The average molecular weight is 274 g/mol. The highest BCUT2D eigenvalue weighted by Gasteiger charge is 2.14. The van der Waals surface area contributed by atoms with Gasteiger partial charge in [-0.15, -0.1) is 0 Å². The summed E-state index contributed by atoms with van der Waals surface area (Å²) in [5.74, 6) is 0.769. The lowest BCUT2D eigenvalue weighted by Gasteiger charge is -2.05. The summed E-state index contributed by atoms with van der Waals surface area (Å²) in [6.07, 6.45) is 6.47. The summed E-state index contributed by atoms with van der Waals surface area (Å²) in [6.45, 7) is 4.54. The molecule has 2 heterocycles. The normalized spacial score (nSPS) is 10.8. The van der Waals surface area contributed by atoms with Gasteiger partial charge in [-0.2, -0.15) is 0 Å². The highest BCUT2D eigenvalue weighted by Crippen LogP contribution is 2.22. The first-order valence-electron chi connectivity index (χ1n) is 6.74. The molecule has 0 aliphatic rings. The van der Waals surface area contributed by atoms with Gasteiger partial charge in [0.25, 0.3) is 5.91 Å². The van der Waals surface area contributed by atoms with Gasteiger partial charge < -0.3 is 9.84 Å². The molecule has 1 amide bonds. The summed E-state index contributed by atoms with van der Waals surface area (Å²) in [5, 5.41) is 6.78. The minimum Gasteiger partial charge on any atom is -0.359 e. The van der Waals surface area contributed by atoms with E-state index in [1.165, 1.54) is 18.6 Å². The predicted octanol–water partition coefficient (Wildman–Crippen LogP) is 2.30. The van der Waals surface area contributed by atoms with E-state index in [0.717, 1.165) is 18.5 Å². The fraction of sp³-hybridized carbons (Fsp3) is 0.429. The zero-order chi connectivity index (χ0) is 14.4. The van der Waals surface area contributed by atoms with Gasteiger partial charge in [-0.3, -0.25) is 9.78 Å². The van der Waals surface area contributed by atoms with Gasteiger partial charge in [0.15, 0.2) is 5.76 Å². The van der Waals surface area contributed by atoms with E-state index in [0.29, 0.717) is 18.2 Å². The van der Waals surface area contributed by atoms with Gasteiger partial charge in [-0.25, -0.2) is 4.98 Å². The van der Waals surface area contributed by atoms with Crippen molar-refractivity contribution >= 4 is 5.91 Å². The molecule has 2 rings (SSSR count). The van der Waals surface area contributed by atoms with Gasteiger partial charge in [-0.05, 0) is 12.8 Å². The number of amides is 1. The molecule has 0 atom stereocenters. The van der Waals surface area contributed by atoms with Crippen molar-refractivity contribution in [2.45, 2.75) is 39.2 Å². The van der Waals surface area contributed by atoms with Crippen LogP contribution in [0.4, 0.5) is 0 Å². The quantitative estimate of drug-likeness (QED) is 0.874. The highest BCUT2D eigenvalue weighted by molar-refractivity contribution is 5.91. The first kappa shape index (κ1) is 14.2. The maximum atomic E-state index is 11.8. The van der Waals surface area contributed by atoms with Crippen LogP contribution in [0.3, 0.4) is 0 Å². The molecule has 2 aromatic rings. The zero-order valence-corrected chi connectivity index (χ0v) is 11.7. The first-order valence-corrected chi connectivity index (χ1v) is 6.74. The molecule has 0 fully saturated rings. The third-order valence-corrected chi connectivity index (χ3v) is 3.20. The smallest absolute Gasteiger partial charge is 0.271 e. The lowest BCUT2D eigenvalue weighted by molar-refractivity contribution is 0.0941. The molecule has 0 aliphatic carbocycles. The van der Waals surface area contributed by atoms with Crippen molar-refractivity contribution in [3.8, 4) is 0 Å². The Bertz CT molecular complexity index is 549. The van der Waals surface area contributed by atoms with Crippen molar-refractivity contribution in [2.75, 3.05) is 0 Å². The Hall–Kier alpha value is -2.24. The molecule has 0 bridgehead atoms. The van der Waals surface area contributed by atoms with Crippen molar-refractivity contribution in [3.05, 3.63) is 41.8 Å². The number of hydrogen-bond donors (Lipinski definition) is 1. The number of rotatable bonds is 6. The molecule has 20 heavy (non-hydrogen) atoms. The Morgan fingerprint density at radius 3 is 2.80 bits per heavy atom. The van der Waals surface area contributed by atoms with E-state index in [-0.39, 0.29) is 11.6 Å². The second-order valence-corrected chi connectivity index (χ2v) is 4.50. The third kappa shape index (κ3) is 3.40. The predicted molar refractivity (Wildman–Crippen MR) is 73.0 cm³/mol. The second-order valence-electron chi connectivity index (χ2n) is 4.50. The Kier molecular flexibility index (Phi) is 4.81. The molecule has 6 heteroatoms. The maximum absolute atomic E-state index is 11.8. The average Bonchev–Trinajstić information content (AvgIpc) is 2.96. The maximum Gasteiger partial charge on any atom is 0.271 e. The van der Waals surface area contributed by atoms with Gasteiger partial charge in [0.1, 0.15) is 5.69 Å². The largest absolute Gasteiger partial charge is 0.359 e. The van der Waals surface area contributed by atoms with Gasteiger partial charge in [0, 0.05) is 24.4 Å². The molecule has 0 saturated heterocycles. The van der Waals surface area contributed by atoms with E-state index in [9.17, 15) is 4.79 Å². The third-order valence-electron chi connectivity index (χ3n) is 3.20. The number of carbonyl (C=O) groups excluding carboxylic acids is 1. The molecule has 6 nitrogen and oxygen atoms in total. The van der Waals surface area contributed by atoms with Crippen LogP contribution in [0, 0.1) is 0 Å². The van der Waals surface area contributed by atoms with Crippen LogP contribution in [0.15, 0.2) is 29.2 Å². The summed E-state index contributed by atoms with van der Waals surface area (Å²) in [4.78, 5) is 19.6. The van der Waals surface area contributed by atoms with Crippen LogP contribution in [-0.2, 0) is 6.54 Å². The molecule has 0 saturated carbocycles. The van der Waals surface area contributed by atoms with Gasteiger partial charge in [0.05, 0.1) is 18.4 Å². The fourth-order valence-electron chi connectivity index (χ4n) is 1.99. The molecule has 0 unspecified atom stereocenters. The summed E-state index contributed by atoms with van der Waals surface area (Å²) in [5.41, 5.74) is 1.23. The summed E-state index contributed by atoms with van der Waals surface area (Å²) >= 11 is 0. The Morgan fingerprint density at radius 1 is 1.35 bits per heavy atom. The Labute approximate surface area is 117 Å². The summed E-state index contributed by atoms with van der Waals surface area (Å²) in [6, 6.07) is 1.90. The van der Waals surface area contributed by atoms with Crippen LogP contribution in [0.5, 0.6) is 0 Å². The van der Waals surface area contributed by atoms with Crippen molar-refractivity contribution in [3.63, 3.8) is 0 Å². The topological polar surface area (TPSA) is 80.9 Å². The van der Waals surface area contributed by atoms with Gasteiger partial charge in [0.2, 0.25) is 0 Å². The van der Waals surface area contributed by atoms with E-state index < -0.39 is 0 Å². The minimum atomic E-state index is -0.279. The lowest BCUT2D eigenvalue weighted by Crippen LogP contribution is -2.23. The van der Waals surface area contributed by atoms with E-state index >= 15 is 0 Å². The van der Waals surface area contributed by atoms with Crippen LogP contribution in [-0.4, -0.2) is 21.0 Å². The molecular weight excluding hydrogens is 256 g/mol. The van der Waals surface area contributed by atoms with Crippen LogP contribution in [0.2, 0.25) is 0 Å². The van der Waals surface area contributed by atoms with E-state index in [4.69, 9.17) is 4.52 Å².